The number of fused-ring (bicyclic) bond motifs is 1. The summed E-state index contributed by atoms with van der Waals surface area (Å²) in [5.74, 6) is 0.546. The van der Waals surface area contributed by atoms with Gasteiger partial charge in [0, 0.05) is 31.1 Å². The van der Waals surface area contributed by atoms with E-state index in [1.54, 1.807) is 12.5 Å². The number of aromatic nitrogens is 4. The van der Waals surface area contributed by atoms with Crippen LogP contribution in [0, 0.1) is 5.41 Å². The minimum atomic E-state index is -0.799. The first-order valence-corrected chi connectivity index (χ1v) is 10.1. The standard InChI is InChI=1S/C17H24N6O2S/c18-13-2-1-4-17(13)5-7-22(8-6-17)16-19-10-12(26-9-3-14(24)25)15-21-20-11-23(15)16/h10-11,13H,1-9,18H2,(H,24,25)/t13-/m1/s1. The predicted octanol–water partition coefficient (Wildman–Crippen LogP) is 1.79. The SMILES string of the molecule is N[C@@H]1CCCC12CCN(c1ncc(SCCC(=O)O)c3nncn13)CC2. The lowest BCUT2D eigenvalue weighted by Gasteiger charge is -2.42. The zero-order valence-corrected chi connectivity index (χ0v) is 15.5. The van der Waals surface area contributed by atoms with Gasteiger partial charge in [0.2, 0.25) is 5.95 Å². The summed E-state index contributed by atoms with van der Waals surface area (Å²) in [4.78, 5) is 18.5. The lowest BCUT2D eigenvalue weighted by atomic mass is 9.74. The summed E-state index contributed by atoms with van der Waals surface area (Å²) >= 11 is 1.45. The minimum Gasteiger partial charge on any atom is -0.481 e. The Morgan fingerprint density at radius 2 is 2.19 bits per heavy atom. The summed E-state index contributed by atoms with van der Waals surface area (Å²) in [5.41, 5.74) is 7.44. The third-order valence-corrected chi connectivity index (χ3v) is 6.88. The van der Waals surface area contributed by atoms with E-state index >= 15 is 0 Å². The number of rotatable bonds is 5. The highest BCUT2D eigenvalue weighted by Gasteiger charge is 2.43. The molecular formula is C17H24N6O2S. The number of carboxylic acid groups (broad SMARTS) is 1. The Kier molecular flexibility index (Phi) is 4.74. The molecule has 1 saturated heterocycles. The van der Waals surface area contributed by atoms with Crippen molar-refractivity contribution in [1.29, 1.82) is 0 Å². The van der Waals surface area contributed by atoms with E-state index in [1.807, 2.05) is 4.40 Å². The molecule has 0 bridgehead atoms. The van der Waals surface area contributed by atoms with Crippen LogP contribution in [-0.2, 0) is 4.79 Å². The van der Waals surface area contributed by atoms with E-state index < -0.39 is 5.97 Å². The highest BCUT2D eigenvalue weighted by Crippen LogP contribution is 2.45. The zero-order valence-electron chi connectivity index (χ0n) is 14.7. The zero-order chi connectivity index (χ0) is 18.1. The molecule has 1 aliphatic heterocycles. The second-order valence-electron chi connectivity index (χ2n) is 7.29. The Hall–Kier alpha value is -1.87. The summed E-state index contributed by atoms with van der Waals surface area (Å²) in [6.07, 6.45) is 9.44. The molecule has 2 aliphatic rings. The van der Waals surface area contributed by atoms with E-state index in [0.29, 0.717) is 17.2 Å². The molecule has 8 nitrogen and oxygen atoms in total. The van der Waals surface area contributed by atoms with Gasteiger partial charge < -0.3 is 15.7 Å². The van der Waals surface area contributed by atoms with Crippen LogP contribution in [0.2, 0.25) is 0 Å². The van der Waals surface area contributed by atoms with Crippen molar-refractivity contribution >= 4 is 29.3 Å². The van der Waals surface area contributed by atoms with E-state index in [9.17, 15) is 4.79 Å². The molecule has 2 fully saturated rings. The van der Waals surface area contributed by atoms with Crippen molar-refractivity contribution in [3.05, 3.63) is 12.5 Å². The van der Waals surface area contributed by atoms with Crippen LogP contribution in [0.25, 0.3) is 5.65 Å². The molecule has 1 aliphatic carbocycles. The smallest absolute Gasteiger partial charge is 0.304 e. The number of carboxylic acids is 1. The number of piperidine rings is 1. The molecule has 0 aromatic carbocycles. The first kappa shape index (κ1) is 17.5. The van der Waals surface area contributed by atoms with Crippen molar-refractivity contribution in [3.63, 3.8) is 0 Å². The number of aliphatic carboxylic acids is 1. The Balaban J connectivity index is 1.51. The van der Waals surface area contributed by atoms with Gasteiger partial charge >= 0.3 is 5.97 Å². The molecular weight excluding hydrogens is 352 g/mol. The molecule has 3 N–H and O–H groups in total. The maximum Gasteiger partial charge on any atom is 0.304 e. The lowest BCUT2D eigenvalue weighted by Crippen LogP contribution is -2.47. The van der Waals surface area contributed by atoms with Gasteiger partial charge in [0.25, 0.3) is 0 Å². The molecule has 3 heterocycles. The molecule has 2 aromatic heterocycles. The summed E-state index contributed by atoms with van der Waals surface area (Å²) < 4.78 is 1.91. The number of nitrogens with zero attached hydrogens (tertiary/aromatic N) is 5. The molecule has 0 amide bonds. The van der Waals surface area contributed by atoms with Crippen LogP contribution in [0.4, 0.5) is 5.95 Å². The maximum absolute atomic E-state index is 10.7. The number of carbonyl (C=O) groups is 1. The van der Waals surface area contributed by atoms with Gasteiger partial charge in [0.1, 0.15) is 6.33 Å². The van der Waals surface area contributed by atoms with Gasteiger partial charge in [-0.1, -0.05) is 6.42 Å². The monoisotopic (exact) mass is 376 g/mol. The van der Waals surface area contributed by atoms with Gasteiger partial charge in [0.15, 0.2) is 5.65 Å². The van der Waals surface area contributed by atoms with E-state index in [0.717, 1.165) is 48.8 Å². The first-order valence-electron chi connectivity index (χ1n) is 9.13. The topological polar surface area (TPSA) is 110 Å². The Bertz CT molecular complexity index is 802. The largest absolute Gasteiger partial charge is 0.481 e. The molecule has 9 heteroatoms. The average molecular weight is 376 g/mol. The third kappa shape index (κ3) is 3.14. The normalized spacial score (nSPS) is 22.3. The van der Waals surface area contributed by atoms with Crippen molar-refractivity contribution < 1.29 is 9.90 Å². The van der Waals surface area contributed by atoms with E-state index in [-0.39, 0.29) is 6.42 Å². The van der Waals surface area contributed by atoms with Crippen LogP contribution in [0.15, 0.2) is 17.4 Å². The molecule has 0 unspecified atom stereocenters. The van der Waals surface area contributed by atoms with Gasteiger partial charge in [0.05, 0.1) is 11.3 Å². The van der Waals surface area contributed by atoms with E-state index in [1.165, 1.54) is 24.6 Å². The average Bonchev–Trinajstić information content (AvgIpc) is 3.24. The van der Waals surface area contributed by atoms with Crippen LogP contribution in [-0.4, -0.2) is 55.5 Å². The van der Waals surface area contributed by atoms with Crippen LogP contribution in [0.5, 0.6) is 0 Å². The molecule has 140 valence electrons. The highest BCUT2D eigenvalue weighted by atomic mass is 32.2. The molecule has 1 spiro atoms. The maximum atomic E-state index is 10.7. The lowest BCUT2D eigenvalue weighted by molar-refractivity contribution is -0.136. The van der Waals surface area contributed by atoms with E-state index in [4.69, 9.17) is 10.8 Å². The highest BCUT2D eigenvalue weighted by molar-refractivity contribution is 7.99. The summed E-state index contributed by atoms with van der Waals surface area (Å²) in [7, 11) is 0. The Morgan fingerprint density at radius 1 is 1.38 bits per heavy atom. The molecule has 0 radical (unpaired) electrons. The summed E-state index contributed by atoms with van der Waals surface area (Å²) in [6, 6.07) is 0.334. The van der Waals surface area contributed by atoms with Gasteiger partial charge in [-0.15, -0.1) is 22.0 Å². The van der Waals surface area contributed by atoms with Gasteiger partial charge in [-0.3, -0.25) is 4.79 Å². The van der Waals surface area contributed by atoms with Crippen molar-refractivity contribution in [2.45, 2.75) is 49.5 Å². The van der Waals surface area contributed by atoms with Gasteiger partial charge in [-0.05, 0) is 31.1 Å². The second kappa shape index (κ2) is 7.03. The minimum absolute atomic E-state index is 0.112. The van der Waals surface area contributed by atoms with Crippen LogP contribution in [0.1, 0.15) is 38.5 Å². The molecule has 1 saturated carbocycles. The van der Waals surface area contributed by atoms with Crippen LogP contribution < -0.4 is 10.6 Å². The number of thioether (sulfide) groups is 1. The fourth-order valence-corrected chi connectivity index (χ4v) is 5.20. The van der Waals surface area contributed by atoms with Crippen molar-refractivity contribution in [3.8, 4) is 0 Å². The second-order valence-corrected chi connectivity index (χ2v) is 8.42. The van der Waals surface area contributed by atoms with Crippen LogP contribution >= 0.6 is 11.8 Å². The molecule has 26 heavy (non-hydrogen) atoms. The number of hydrogen-bond acceptors (Lipinski definition) is 7. The van der Waals surface area contributed by atoms with Gasteiger partial charge in [-0.2, -0.15) is 0 Å². The number of nitrogens with two attached hydrogens (primary N) is 1. The Morgan fingerprint density at radius 3 is 2.88 bits per heavy atom. The quantitative estimate of drug-likeness (QED) is 0.760. The van der Waals surface area contributed by atoms with Gasteiger partial charge in [-0.25, -0.2) is 9.38 Å². The van der Waals surface area contributed by atoms with Crippen molar-refractivity contribution in [1.82, 2.24) is 19.6 Å². The van der Waals surface area contributed by atoms with Crippen molar-refractivity contribution in [2.24, 2.45) is 11.1 Å². The van der Waals surface area contributed by atoms with E-state index in [2.05, 4.69) is 20.1 Å². The number of anilines is 1. The predicted molar refractivity (Wildman–Crippen MR) is 99.5 cm³/mol. The third-order valence-electron chi connectivity index (χ3n) is 5.87. The van der Waals surface area contributed by atoms with Crippen molar-refractivity contribution in [2.75, 3.05) is 23.7 Å². The fourth-order valence-electron chi connectivity index (χ4n) is 4.31. The molecule has 1 atom stereocenters. The summed E-state index contributed by atoms with van der Waals surface area (Å²) in [6.45, 7) is 1.89. The fraction of sp³-hybridized carbons (Fsp3) is 0.647. The van der Waals surface area contributed by atoms with Crippen LogP contribution in [0.3, 0.4) is 0 Å². The number of hydrogen-bond donors (Lipinski definition) is 2. The summed E-state index contributed by atoms with van der Waals surface area (Å²) in [5, 5.41) is 17.1. The molecule has 2 aromatic rings. The molecule has 4 rings (SSSR count). The Labute approximate surface area is 156 Å². The first-order chi connectivity index (χ1) is 12.6.